The molecule has 2 atom stereocenters. The minimum absolute atomic E-state index is 0.0445. The van der Waals surface area contributed by atoms with Crippen LogP contribution in [0.5, 0.6) is 0 Å². The Morgan fingerprint density at radius 1 is 1.14 bits per heavy atom. The molecule has 0 unspecified atom stereocenters. The molecule has 1 amide bonds. The van der Waals surface area contributed by atoms with Crippen LogP contribution in [0.25, 0.3) is 0 Å². The fourth-order valence-corrected chi connectivity index (χ4v) is 3.77. The average molecular weight is 395 g/mol. The number of hydrogen-bond acceptors (Lipinski definition) is 4. The first-order chi connectivity index (χ1) is 13.8. The molecule has 1 aromatic carbocycles. The summed E-state index contributed by atoms with van der Waals surface area (Å²) in [7, 11) is 0. The number of nitrogens with zero attached hydrogens (tertiary/aromatic N) is 2. The molecule has 2 aromatic rings. The normalized spacial score (nSPS) is 19.2. The van der Waals surface area contributed by atoms with E-state index >= 15 is 0 Å². The molecule has 3 rings (SSSR count). The summed E-state index contributed by atoms with van der Waals surface area (Å²) in [5.41, 5.74) is 2.22. The number of hydrogen-bond donors (Lipinski definition) is 0. The van der Waals surface area contributed by atoms with Crippen molar-refractivity contribution in [3.05, 3.63) is 65.5 Å². The summed E-state index contributed by atoms with van der Waals surface area (Å²) in [6, 6.07) is 12.7. The van der Waals surface area contributed by atoms with Crippen molar-refractivity contribution in [3.63, 3.8) is 0 Å². The lowest BCUT2D eigenvalue weighted by Gasteiger charge is -2.29. The Kier molecular flexibility index (Phi) is 6.36. The third kappa shape index (κ3) is 4.84. The molecule has 0 radical (unpaired) electrons. The van der Waals surface area contributed by atoms with Crippen molar-refractivity contribution in [2.45, 2.75) is 71.1 Å². The molecule has 5 heteroatoms. The highest BCUT2D eigenvalue weighted by Gasteiger charge is 2.41. The van der Waals surface area contributed by atoms with Gasteiger partial charge in [-0.15, -0.1) is 0 Å². The number of benzene rings is 1. The topological polar surface area (TPSA) is 59.5 Å². The second kappa shape index (κ2) is 8.76. The second-order valence-electron chi connectivity index (χ2n) is 8.64. The molecule has 154 valence electrons. The maximum Gasteiger partial charge on any atom is 0.329 e. The van der Waals surface area contributed by atoms with Crippen LogP contribution < -0.4 is 0 Å². The Morgan fingerprint density at radius 2 is 1.86 bits per heavy atom. The standard InChI is InChI=1S/C24H30N2O3/c1-5-19-11-12-20(23(28)29-16-17-9-7-6-8-10-17)26(19)22(27)18-13-14-25-21(15-18)24(2,3)4/h6-10,13-15,19-20H,5,11-12,16H2,1-4H3/t19-,20-/m1/s1. The largest absolute Gasteiger partial charge is 0.459 e. The van der Waals surface area contributed by atoms with Crippen molar-refractivity contribution < 1.29 is 14.3 Å². The highest BCUT2D eigenvalue weighted by atomic mass is 16.5. The van der Waals surface area contributed by atoms with Gasteiger partial charge >= 0.3 is 5.97 Å². The van der Waals surface area contributed by atoms with E-state index in [-0.39, 0.29) is 29.9 Å². The van der Waals surface area contributed by atoms with Gasteiger partial charge in [0.2, 0.25) is 0 Å². The molecule has 29 heavy (non-hydrogen) atoms. The lowest BCUT2D eigenvalue weighted by molar-refractivity contribution is -0.149. The van der Waals surface area contributed by atoms with Crippen LogP contribution in [0.2, 0.25) is 0 Å². The van der Waals surface area contributed by atoms with Gasteiger partial charge in [0.05, 0.1) is 0 Å². The van der Waals surface area contributed by atoms with Crippen molar-refractivity contribution >= 4 is 11.9 Å². The molecule has 0 saturated carbocycles. The first-order valence-corrected chi connectivity index (χ1v) is 10.3. The van der Waals surface area contributed by atoms with Gasteiger partial charge in [-0.1, -0.05) is 58.0 Å². The van der Waals surface area contributed by atoms with Crippen molar-refractivity contribution in [2.75, 3.05) is 0 Å². The highest BCUT2D eigenvalue weighted by molar-refractivity contribution is 5.97. The van der Waals surface area contributed by atoms with Gasteiger partial charge in [-0.2, -0.15) is 0 Å². The van der Waals surface area contributed by atoms with Crippen molar-refractivity contribution in [3.8, 4) is 0 Å². The van der Waals surface area contributed by atoms with Crippen LogP contribution in [0.1, 0.15) is 68.6 Å². The first kappa shape index (κ1) is 21.0. The van der Waals surface area contributed by atoms with Gasteiger partial charge < -0.3 is 9.64 Å². The Morgan fingerprint density at radius 3 is 2.52 bits per heavy atom. The SMILES string of the molecule is CC[C@@H]1CC[C@H](C(=O)OCc2ccccc2)N1C(=O)c1ccnc(C(C)(C)C)c1. The van der Waals surface area contributed by atoms with Crippen LogP contribution in [0, 0.1) is 0 Å². The summed E-state index contributed by atoms with van der Waals surface area (Å²) in [6.07, 6.45) is 3.93. The first-order valence-electron chi connectivity index (χ1n) is 10.3. The zero-order chi connectivity index (χ0) is 21.0. The molecule has 5 nitrogen and oxygen atoms in total. The van der Waals surface area contributed by atoms with Crippen LogP contribution in [0.3, 0.4) is 0 Å². The van der Waals surface area contributed by atoms with Crippen molar-refractivity contribution in [1.82, 2.24) is 9.88 Å². The molecular weight excluding hydrogens is 364 g/mol. The predicted octanol–water partition coefficient (Wildman–Crippen LogP) is 4.51. The summed E-state index contributed by atoms with van der Waals surface area (Å²) in [5.74, 6) is -0.452. The maximum atomic E-state index is 13.4. The van der Waals surface area contributed by atoms with E-state index in [0.29, 0.717) is 12.0 Å². The zero-order valence-electron chi connectivity index (χ0n) is 17.7. The van der Waals surface area contributed by atoms with E-state index < -0.39 is 6.04 Å². The van der Waals surface area contributed by atoms with Gasteiger partial charge in [0.1, 0.15) is 12.6 Å². The molecule has 0 aliphatic carbocycles. The molecule has 1 saturated heterocycles. The molecule has 0 N–H and O–H groups in total. The minimum atomic E-state index is -0.539. The number of carbonyl (C=O) groups excluding carboxylic acids is 2. The van der Waals surface area contributed by atoms with Gasteiger partial charge in [-0.3, -0.25) is 9.78 Å². The van der Waals surface area contributed by atoms with Crippen LogP contribution in [0.15, 0.2) is 48.7 Å². The van der Waals surface area contributed by atoms with Gasteiger partial charge in [-0.25, -0.2) is 4.79 Å². The molecule has 1 aliphatic rings. The van der Waals surface area contributed by atoms with E-state index in [4.69, 9.17) is 4.74 Å². The lowest BCUT2D eigenvalue weighted by atomic mass is 9.90. The number of pyridine rings is 1. The highest BCUT2D eigenvalue weighted by Crippen LogP contribution is 2.30. The van der Waals surface area contributed by atoms with Gasteiger partial charge in [0.25, 0.3) is 5.91 Å². The minimum Gasteiger partial charge on any atom is -0.459 e. The van der Waals surface area contributed by atoms with Gasteiger partial charge in [-0.05, 0) is 37.0 Å². The number of carbonyl (C=O) groups is 2. The summed E-state index contributed by atoms with van der Waals surface area (Å²) in [4.78, 5) is 32.3. The Balaban J connectivity index is 1.79. The number of ether oxygens (including phenoxy) is 1. The summed E-state index contributed by atoms with van der Waals surface area (Å²) in [5, 5.41) is 0. The Bertz CT molecular complexity index is 858. The van der Waals surface area contributed by atoms with E-state index in [9.17, 15) is 9.59 Å². The van der Waals surface area contributed by atoms with Crippen LogP contribution >= 0.6 is 0 Å². The molecule has 0 spiro atoms. The molecule has 1 fully saturated rings. The monoisotopic (exact) mass is 394 g/mol. The molecular formula is C24H30N2O3. The summed E-state index contributed by atoms with van der Waals surface area (Å²) >= 11 is 0. The third-order valence-corrected chi connectivity index (χ3v) is 5.48. The number of likely N-dealkylation sites (tertiary alicyclic amines) is 1. The van der Waals surface area contributed by atoms with Crippen molar-refractivity contribution in [1.29, 1.82) is 0 Å². The van der Waals surface area contributed by atoms with Crippen LogP contribution in [-0.4, -0.2) is 33.8 Å². The number of aromatic nitrogens is 1. The Labute approximate surface area is 173 Å². The van der Waals surface area contributed by atoms with Crippen molar-refractivity contribution in [2.24, 2.45) is 0 Å². The smallest absolute Gasteiger partial charge is 0.329 e. The fourth-order valence-electron chi connectivity index (χ4n) is 3.77. The quantitative estimate of drug-likeness (QED) is 0.700. The zero-order valence-corrected chi connectivity index (χ0v) is 17.7. The number of esters is 1. The van der Waals surface area contributed by atoms with Gasteiger partial charge in [0.15, 0.2) is 0 Å². The van der Waals surface area contributed by atoms with Crippen LogP contribution in [-0.2, 0) is 21.6 Å². The van der Waals surface area contributed by atoms with E-state index in [1.165, 1.54) is 0 Å². The van der Waals surface area contributed by atoms with E-state index in [1.807, 2.05) is 36.4 Å². The number of amides is 1. The summed E-state index contributed by atoms with van der Waals surface area (Å²) < 4.78 is 5.55. The van der Waals surface area contributed by atoms with E-state index in [2.05, 4.69) is 32.7 Å². The number of rotatable bonds is 5. The Hall–Kier alpha value is -2.69. The maximum absolute atomic E-state index is 13.4. The average Bonchev–Trinajstić information content (AvgIpc) is 3.16. The van der Waals surface area contributed by atoms with Gasteiger partial charge in [0, 0.05) is 28.9 Å². The van der Waals surface area contributed by atoms with E-state index in [1.54, 1.807) is 17.2 Å². The van der Waals surface area contributed by atoms with Crippen LogP contribution in [0.4, 0.5) is 0 Å². The fraction of sp³-hybridized carbons (Fsp3) is 0.458. The second-order valence-corrected chi connectivity index (χ2v) is 8.64. The lowest BCUT2D eigenvalue weighted by Crippen LogP contribution is -2.45. The summed E-state index contributed by atoms with van der Waals surface area (Å²) in [6.45, 7) is 8.47. The molecule has 1 aliphatic heterocycles. The third-order valence-electron chi connectivity index (χ3n) is 5.48. The molecule has 0 bridgehead atoms. The molecule has 1 aromatic heterocycles. The predicted molar refractivity (Wildman–Crippen MR) is 112 cm³/mol. The van der Waals surface area contributed by atoms with E-state index in [0.717, 1.165) is 24.1 Å². The molecule has 2 heterocycles.